The largest absolute Gasteiger partial charge is 0.495 e. The van der Waals surface area contributed by atoms with E-state index in [0.29, 0.717) is 0 Å². The van der Waals surface area contributed by atoms with E-state index in [1.807, 2.05) is 18.2 Å². The number of aliphatic hydroxyl groups is 1. The fourth-order valence-electron chi connectivity index (χ4n) is 2.63. The number of rotatable bonds is 3. The molecule has 0 aromatic heterocycles. The van der Waals surface area contributed by atoms with Crippen LogP contribution in [-0.4, -0.2) is 43.5 Å². The number of benzene rings is 1. The molecule has 0 radical (unpaired) electrons. The highest BCUT2D eigenvalue weighted by Crippen LogP contribution is 2.30. The summed E-state index contributed by atoms with van der Waals surface area (Å²) in [4.78, 5) is 2.27. The van der Waals surface area contributed by atoms with E-state index >= 15 is 0 Å². The molecule has 4 nitrogen and oxygen atoms in total. The smallest absolute Gasteiger partial charge is 0.142 e. The molecule has 18 heavy (non-hydrogen) atoms. The van der Waals surface area contributed by atoms with E-state index in [-0.39, 0.29) is 18.2 Å². The van der Waals surface area contributed by atoms with Crippen LogP contribution in [0, 0.1) is 0 Å². The molecule has 0 aliphatic carbocycles. The molecule has 1 aliphatic heterocycles. The minimum absolute atomic E-state index is 0.0213. The second-order valence-electron chi connectivity index (χ2n) is 5.46. The van der Waals surface area contributed by atoms with Gasteiger partial charge in [0.25, 0.3) is 0 Å². The van der Waals surface area contributed by atoms with Gasteiger partial charge in [0.05, 0.1) is 19.4 Å². The monoisotopic (exact) mass is 250 g/mol. The van der Waals surface area contributed by atoms with E-state index in [2.05, 4.69) is 30.1 Å². The molecule has 0 bridgehead atoms. The Morgan fingerprint density at radius 3 is 2.83 bits per heavy atom. The number of ether oxygens (including phenoxy) is 1. The van der Waals surface area contributed by atoms with Gasteiger partial charge in [-0.3, -0.25) is 0 Å². The highest BCUT2D eigenvalue weighted by Gasteiger charge is 2.32. The minimum atomic E-state index is -0.0213. The van der Waals surface area contributed by atoms with Crippen molar-refractivity contribution in [3.8, 4) is 5.75 Å². The zero-order valence-corrected chi connectivity index (χ0v) is 11.3. The SMILES string of the molecule is COc1ccccc1N1CC(CO)NC(C)(C)C1. The molecule has 4 heteroatoms. The van der Waals surface area contributed by atoms with Crippen LogP contribution in [0.5, 0.6) is 5.75 Å². The summed E-state index contributed by atoms with van der Waals surface area (Å²) in [5.74, 6) is 0.881. The van der Waals surface area contributed by atoms with Crippen LogP contribution in [0.1, 0.15) is 13.8 Å². The summed E-state index contributed by atoms with van der Waals surface area (Å²) >= 11 is 0. The van der Waals surface area contributed by atoms with Gasteiger partial charge in [0.1, 0.15) is 5.75 Å². The number of aliphatic hydroxyl groups excluding tert-OH is 1. The van der Waals surface area contributed by atoms with E-state index in [0.717, 1.165) is 24.5 Å². The highest BCUT2D eigenvalue weighted by molar-refractivity contribution is 5.59. The van der Waals surface area contributed by atoms with Crippen molar-refractivity contribution in [2.75, 3.05) is 31.7 Å². The predicted octanol–water partition coefficient (Wildman–Crippen LogP) is 1.24. The number of hydrogen-bond donors (Lipinski definition) is 2. The van der Waals surface area contributed by atoms with Crippen molar-refractivity contribution in [3.63, 3.8) is 0 Å². The number of piperazine rings is 1. The molecule has 0 amide bonds. The molecular formula is C14H22N2O2. The molecular weight excluding hydrogens is 228 g/mol. The maximum Gasteiger partial charge on any atom is 0.142 e. The van der Waals surface area contributed by atoms with Crippen LogP contribution in [0.2, 0.25) is 0 Å². The van der Waals surface area contributed by atoms with Gasteiger partial charge in [-0.2, -0.15) is 0 Å². The first-order chi connectivity index (χ1) is 8.55. The number of nitrogens with one attached hydrogen (secondary N) is 1. The lowest BCUT2D eigenvalue weighted by Crippen LogP contribution is -2.63. The number of methoxy groups -OCH3 is 1. The van der Waals surface area contributed by atoms with Gasteiger partial charge < -0.3 is 20.1 Å². The Hall–Kier alpha value is -1.26. The maximum absolute atomic E-state index is 9.39. The van der Waals surface area contributed by atoms with E-state index in [4.69, 9.17) is 4.74 Å². The third-order valence-corrected chi connectivity index (χ3v) is 3.27. The molecule has 1 fully saturated rings. The Labute approximate surface area is 109 Å². The topological polar surface area (TPSA) is 44.7 Å². The summed E-state index contributed by atoms with van der Waals surface area (Å²) in [6, 6.07) is 8.12. The van der Waals surface area contributed by atoms with Gasteiger partial charge >= 0.3 is 0 Å². The summed E-state index contributed by atoms with van der Waals surface area (Å²) in [6.45, 7) is 6.13. The van der Waals surface area contributed by atoms with Gasteiger partial charge in [0.2, 0.25) is 0 Å². The normalized spacial score (nSPS) is 22.9. The molecule has 1 saturated heterocycles. The first-order valence-electron chi connectivity index (χ1n) is 6.32. The zero-order valence-electron chi connectivity index (χ0n) is 11.3. The Morgan fingerprint density at radius 2 is 2.17 bits per heavy atom. The number of para-hydroxylation sites is 2. The molecule has 100 valence electrons. The molecule has 1 aliphatic rings. The van der Waals surface area contributed by atoms with Crippen LogP contribution in [0.4, 0.5) is 5.69 Å². The van der Waals surface area contributed by atoms with E-state index in [9.17, 15) is 5.11 Å². The summed E-state index contributed by atoms with van der Waals surface area (Å²) < 4.78 is 5.41. The fraction of sp³-hybridized carbons (Fsp3) is 0.571. The third kappa shape index (κ3) is 2.76. The Bertz CT molecular complexity index is 407. The van der Waals surface area contributed by atoms with Crippen LogP contribution < -0.4 is 15.0 Å². The Kier molecular flexibility index (Phi) is 3.78. The molecule has 1 unspecified atom stereocenters. The summed E-state index contributed by atoms with van der Waals surface area (Å²) in [7, 11) is 1.69. The molecule has 1 aromatic rings. The van der Waals surface area contributed by atoms with Crippen LogP contribution in [0.3, 0.4) is 0 Å². The van der Waals surface area contributed by atoms with Crippen molar-refractivity contribution in [1.82, 2.24) is 5.32 Å². The second kappa shape index (κ2) is 5.16. The molecule has 1 aromatic carbocycles. The fourth-order valence-corrected chi connectivity index (χ4v) is 2.63. The first kappa shape index (κ1) is 13.2. The summed E-state index contributed by atoms with van der Waals surface area (Å²) in [5, 5.41) is 12.8. The van der Waals surface area contributed by atoms with Crippen molar-refractivity contribution >= 4 is 5.69 Å². The average Bonchev–Trinajstić information content (AvgIpc) is 2.36. The van der Waals surface area contributed by atoms with Crippen molar-refractivity contribution in [3.05, 3.63) is 24.3 Å². The maximum atomic E-state index is 9.39. The molecule has 0 saturated carbocycles. The molecule has 2 rings (SSSR count). The van der Waals surface area contributed by atoms with Crippen LogP contribution in [-0.2, 0) is 0 Å². The van der Waals surface area contributed by atoms with Gasteiger partial charge in [-0.1, -0.05) is 12.1 Å². The van der Waals surface area contributed by atoms with Crippen molar-refractivity contribution < 1.29 is 9.84 Å². The highest BCUT2D eigenvalue weighted by atomic mass is 16.5. The lowest BCUT2D eigenvalue weighted by atomic mass is 9.98. The summed E-state index contributed by atoms with van der Waals surface area (Å²) in [5.41, 5.74) is 1.07. The first-order valence-corrected chi connectivity index (χ1v) is 6.32. The minimum Gasteiger partial charge on any atom is -0.495 e. The van der Waals surface area contributed by atoms with E-state index < -0.39 is 0 Å². The number of hydrogen-bond acceptors (Lipinski definition) is 4. The van der Waals surface area contributed by atoms with E-state index in [1.165, 1.54) is 0 Å². The van der Waals surface area contributed by atoms with E-state index in [1.54, 1.807) is 7.11 Å². The van der Waals surface area contributed by atoms with Crippen LogP contribution >= 0.6 is 0 Å². The average molecular weight is 250 g/mol. The van der Waals surface area contributed by atoms with Gasteiger partial charge in [-0.25, -0.2) is 0 Å². The van der Waals surface area contributed by atoms with Crippen molar-refractivity contribution in [2.24, 2.45) is 0 Å². The quantitative estimate of drug-likeness (QED) is 0.847. The number of anilines is 1. The third-order valence-electron chi connectivity index (χ3n) is 3.27. The van der Waals surface area contributed by atoms with Crippen molar-refractivity contribution in [2.45, 2.75) is 25.4 Å². The van der Waals surface area contributed by atoms with Crippen LogP contribution in [0.15, 0.2) is 24.3 Å². The van der Waals surface area contributed by atoms with Gasteiger partial charge in [0.15, 0.2) is 0 Å². The Morgan fingerprint density at radius 1 is 1.44 bits per heavy atom. The second-order valence-corrected chi connectivity index (χ2v) is 5.46. The lowest BCUT2D eigenvalue weighted by molar-refractivity contribution is 0.191. The van der Waals surface area contributed by atoms with Gasteiger partial charge in [0, 0.05) is 24.7 Å². The number of nitrogens with zero attached hydrogens (tertiary/aromatic N) is 1. The molecule has 1 heterocycles. The molecule has 1 atom stereocenters. The van der Waals surface area contributed by atoms with Gasteiger partial charge in [-0.05, 0) is 26.0 Å². The zero-order chi connectivity index (χ0) is 13.2. The Balaban J connectivity index is 2.26. The molecule has 2 N–H and O–H groups in total. The van der Waals surface area contributed by atoms with Gasteiger partial charge in [-0.15, -0.1) is 0 Å². The van der Waals surface area contributed by atoms with Crippen molar-refractivity contribution in [1.29, 1.82) is 0 Å². The van der Waals surface area contributed by atoms with Crippen LogP contribution in [0.25, 0.3) is 0 Å². The standard InChI is InChI=1S/C14H22N2O2/c1-14(2)10-16(8-11(9-17)15-14)12-6-4-5-7-13(12)18-3/h4-7,11,15,17H,8-10H2,1-3H3. The molecule has 0 spiro atoms. The predicted molar refractivity (Wildman–Crippen MR) is 73.3 cm³/mol. The summed E-state index contributed by atoms with van der Waals surface area (Å²) in [6.07, 6.45) is 0. The lowest BCUT2D eigenvalue weighted by Gasteiger charge is -2.44.